The van der Waals surface area contributed by atoms with E-state index in [1.54, 1.807) is 49.9 Å². The first kappa shape index (κ1) is 45.1. The predicted octanol–water partition coefficient (Wildman–Crippen LogP) is 1.91. The van der Waals surface area contributed by atoms with Crippen LogP contribution in [0.15, 0.2) is 42.9 Å². The second kappa shape index (κ2) is 20.4. The van der Waals surface area contributed by atoms with Crippen LogP contribution in [-0.4, -0.2) is 130 Å². The minimum Gasteiger partial charge on any atom is -0.488 e. The van der Waals surface area contributed by atoms with Gasteiger partial charge < -0.3 is 41.1 Å². The van der Waals surface area contributed by atoms with Gasteiger partial charge in [-0.2, -0.15) is 0 Å². The quantitative estimate of drug-likeness (QED) is 0.154. The molecule has 1 aromatic carbocycles. The second-order valence-electron chi connectivity index (χ2n) is 17.8. The number of ether oxygens (including phenoxy) is 1. The summed E-state index contributed by atoms with van der Waals surface area (Å²) in [6.45, 7) is 9.89. The number of amides is 6. The Morgan fingerprint density at radius 2 is 1.61 bits per heavy atom. The number of rotatable bonds is 16. The summed E-state index contributed by atoms with van der Waals surface area (Å²) in [5.74, 6) is -3.60. The van der Waals surface area contributed by atoms with E-state index < -0.39 is 71.0 Å². The fourth-order valence-corrected chi connectivity index (χ4v) is 8.30. The van der Waals surface area contributed by atoms with Gasteiger partial charge in [0.2, 0.25) is 23.5 Å². The third-order valence-corrected chi connectivity index (χ3v) is 11.9. The van der Waals surface area contributed by atoms with Gasteiger partial charge in [0.05, 0.1) is 18.8 Å². The average molecular weight is 844 g/mol. The SMILES string of the molecule is CCC[C@H](NC(=O)[C@@H]1C[C@@H](Oc2ccc(C(=O)N3CCNCC3)cc2)CN1C(=O)[C@@H](NC(=O)[C@@H](NC(=O)c1cnccn1)C1CCCCC1)C(C)(C)C)C(=O)C(=O)NC1CC1. The van der Waals surface area contributed by atoms with E-state index in [4.69, 9.17) is 4.74 Å². The smallest absolute Gasteiger partial charge is 0.289 e. The molecule has 17 nitrogen and oxygen atoms in total. The van der Waals surface area contributed by atoms with E-state index in [0.29, 0.717) is 43.7 Å². The molecule has 6 amide bonds. The zero-order valence-electron chi connectivity index (χ0n) is 35.7. The number of nitrogens with one attached hydrogen (secondary N) is 5. The Morgan fingerprint density at radius 3 is 2.23 bits per heavy atom. The van der Waals surface area contributed by atoms with E-state index in [1.807, 2.05) is 6.92 Å². The average Bonchev–Trinajstić information content (AvgIpc) is 3.99. The summed E-state index contributed by atoms with van der Waals surface area (Å²) in [6.07, 6.45) is 10.0. The molecule has 0 radical (unpaired) electrons. The van der Waals surface area contributed by atoms with Crippen LogP contribution in [-0.2, 0) is 24.0 Å². The molecule has 5 atom stereocenters. The van der Waals surface area contributed by atoms with Crippen molar-refractivity contribution in [1.29, 1.82) is 0 Å². The Morgan fingerprint density at radius 1 is 0.902 bits per heavy atom. The van der Waals surface area contributed by atoms with Crippen molar-refractivity contribution in [2.75, 3.05) is 32.7 Å². The normalized spacial score (nSPS) is 21.0. The molecule has 17 heteroatoms. The number of carbonyl (C=O) groups excluding carboxylic acids is 7. The van der Waals surface area contributed by atoms with Crippen molar-refractivity contribution in [3.63, 3.8) is 0 Å². The number of likely N-dealkylation sites (tertiary alicyclic amines) is 1. The molecule has 5 N–H and O–H groups in total. The Labute approximate surface area is 357 Å². The monoisotopic (exact) mass is 843 g/mol. The van der Waals surface area contributed by atoms with Gasteiger partial charge in [-0.15, -0.1) is 0 Å². The van der Waals surface area contributed by atoms with Crippen molar-refractivity contribution in [3.8, 4) is 5.75 Å². The van der Waals surface area contributed by atoms with Crippen molar-refractivity contribution < 1.29 is 38.3 Å². The Bertz CT molecular complexity index is 1890. The standard InChI is InChI=1S/C44H61N9O8/c1-5-9-32(36(54)41(58)48-29-14-15-29)49-39(56)34-24-31(61-30-16-12-28(13-17-30)42(59)52-22-20-45-21-23-52)26-53(34)43(60)37(44(2,3)4)51-40(57)35(27-10-7-6-8-11-27)50-38(55)33-25-46-18-19-47-33/h12-13,16-19,25,27,29,31-32,34-35,37,45H,5-11,14-15,20-24,26H2,1-4H3,(H,48,58)(H,49,56)(H,50,55)(H,51,57)/t31-,32+,34+,35+,37-/m1/s1. The topological polar surface area (TPSA) is 221 Å². The molecule has 4 fully saturated rings. The summed E-state index contributed by atoms with van der Waals surface area (Å²) in [4.78, 5) is 107. The lowest BCUT2D eigenvalue weighted by Crippen LogP contribution is -2.62. The molecular weight excluding hydrogens is 783 g/mol. The van der Waals surface area contributed by atoms with Gasteiger partial charge in [0.15, 0.2) is 0 Å². The van der Waals surface area contributed by atoms with Crippen molar-refractivity contribution in [2.24, 2.45) is 11.3 Å². The molecule has 2 aliphatic carbocycles. The Kier molecular flexibility index (Phi) is 15.1. The number of carbonyl (C=O) groups is 7. The minimum absolute atomic E-state index is 0.0369. The molecule has 0 spiro atoms. The van der Waals surface area contributed by atoms with Crippen LogP contribution in [0.4, 0.5) is 0 Å². The van der Waals surface area contributed by atoms with E-state index in [0.717, 1.165) is 45.2 Å². The maximum atomic E-state index is 14.9. The highest BCUT2D eigenvalue weighted by Gasteiger charge is 2.47. The van der Waals surface area contributed by atoms with Crippen molar-refractivity contribution >= 4 is 41.2 Å². The number of benzene rings is 1. The fraction of sp³-hybridized carbons (Fsp3) is 0.614. The van der Waals surface area contributed by atoms with Gasteiger partial charge in [0.25, 0.3) is 17.7 Å². The lowest BCUT2D eigenvalue weighted by molar-refractivity contribution is -0.145. The van der Waals surface area contributed by atoms with Gasteiger partial charge in [0, 0.05) is 56.6 Å². The maximum Gasteiger partial charge on any atom is 0.289 e. The molecular formula is C44H61N9O8. The zero-order chi connectivity index (χ0) is 43.7. The first-order valence-electron chi connectivity index (χ1n) is 21.8. The second-order valence-corrected chi connectivity index (χ2v) is 17.8. The molecule has 0 bridgehead atoms. The van der Waals surface area contributed by atoms with Crippen molar-refractivity contribution in [3.05, 3.63) is 54.1 Å². The summed E-state index contributed by atoms with van der Waals surface area (Å²) >= 11 is 0. The van der Waals surface area contributed by atoms with Crippen LogP contribution in [0.25, 0.3) is 0 Å². The van der Waals surface area contributed by atoms with Crippen molar-refractivity contribution in [1.82, 2.24) is 46.4 Å². The summed E-state index contributed by atoms with van der Waals surface area (Å²) in [5, 5.41) is 14.6. The molecule has 330 valence electrons. The van der Waals surface area contributed by atoms with E-state index in [9.17, 15) is 33.6 Å². The molecule has 61 heavy (non-hydrogen) atoms. The zero-order valence-corrected chi connectivity index (χ0v) is 35.7. The highest BCUT2D eigenvalue weighted by atomic mass is 16.5. The molecule has 1 aromatic heterocycles. The van der Waals surface area contributed by atoms with Crippen LogP contribution in [0, 0.1) is 11.3 Å². The van der Waals surface area contributed by atoms with Crippen LogP contribution in [0.3, 0.4) is 0 Å². The molecule has 2 saturated heterocycles. The maximum absolute atomic E-state index is 14.9. The molecule has 6 rings (SSSR count). The highest BCUT2D eigenvalue weighted by molar-refractivity contribution is 6.38. The number of aromatic nitrogens is 2. The first-order chi connectivity index (χ1) is 29.2. The van der Waals surface area contributed by atoms with Gasteiger partial charge in [-0.3, -0.25) is 38.5 Å². The summed E-state index contributed by atoms with van der Waals surface area (Å²) in [5.41, 5.74) is -0.301. The number of hydrogen-bond donors (Lipinski definition) is 5. The van der Waals surface area contributed by atoms with E-state index in [-0.39, 0.29) is 42.9 Å². The summed E-state index contributed by atoms with van der Waals surface area (Å²) in [7, 11) is 0. The van der Waals surface area contributed by atoms with Gasteiger partial charge in [0.1, 0.15) is 35.7 Å². The van der Waals surface area contributed by atoms with Gasteiger partial charge in [-0.25, -0.2) is 4.98 Å². The number of Topliss-reactive ketones (excluding diaryl/α,β-unsaturated/α-hetero) is 1. The molecule has 3 heterocycles. The van der Waals surface area contributed by atoms with Gasteiger partial charge in [-0.05, 0) is 67.7 Å². The lowest BCUT2D eigenvalue weighted by atomic mass is 9.82. The highest BCUT2D eigenvalue weighted by Crippen LogP contribution is 2.31. The molecule has 4 aliphatic rings. The van der Waals surface area contributed by atoms with Crippen molar-refractivity contribution in [2.45, 2.75) is 128 Å². The summed E-state index contributed by atoms with van der Waals surface area (Å²) < 4.78 is 6.37. The van der Waals surface area contributed by atoms with Gasteiger partial charge in [-0.1, -0.05) is 53.4 Å². The van der Waals surface area contributed by atoms with Crippen LogP contribution in [0.5, 0.6) is 5.75 Å². The molecule has 2 aromatic rings. The van der Waals surface area contributed by atoms with Crippen LogP contribution in [0.2, 0.25) is 0 Å². The largest absolute Gasteiger partial charge is 0.488 e. The number of nitrogens with zero attached hydrogens (tertiary/aromatic N) is 4. The third kappa shape index (κ3) is 11.9. The fourth-order valence-electron chi connectivity index (χ4n) is 8.30. The molecule has 0 unspecified atom stereocenters. The first-order valence-corrected chi connectivity index (χ1v) is 21.8. The number of piperazine rings is 1. The van der Waals surface area contributed by atoms with E-state index >= 15 is 0 Å². The van der Waals surface area contributed by atoms with Gasteiger partial charge >= 0.3 is 0 Å². The van der Waals surface area contributed by atoms with Crippen LogP contribution < -0.4 is 31.3 Å². The van der Waals surface area contributed by atoms with Crippen LogP contribution in [0.1, 0.15) is 113 Å². The predicted molar refractivity (Wildman–Crippen MR) is 224 cm³/mol. The van der Waals surface area contributed by atoms with E-state index in [1.165, 1.54) is 23.5 Å². The third-order valence-electron chi connectivity index (χ3n) is 11.9. The number of ketones is 1. The van der Waals surface area contributed by atoms with Crippen LogP contribution >= 0.6 is 0 Å². The minimum atomic E-state index is -1.15. The Balaban J connectivity index is 1.23. The molecule has 2 saturated carbocycles. The molecule has 2 aliphatic heterocycles. The Hall–Kier alpha value is -5.45. The number of hydrogen-bond acceptors (Lipinski definition) is 11. The lowest BCUT2D eigenvalue weighted by Gasteiger charge is -2.37. The summed E-state index contributed by atoms with van der Waals surface area (Å²) in [6, 6.07) is 2.33. The van der Waals surface area contributed by atoms with E-state index in [2.05, 4.69) is 36.6 Å².